The Hall–Kier alpha value is -0.860. The first-order valence-electron chi connectivity index (χ1n) is 7.67. The van der Waals surface area contributed by atoms with Crippen LogP contribution in [0.15, 0.2) is 18.2 Å². The van der Waals surface area contributed by atoms with E-state index >= 15 is 0 Å². The predicted molar refractivity (Wildman–Crippen MR) is 82.6 cm³/mol. The molecule has 106 valence electrons. The van der Waals surface area contributed by atoms with Crippen molar-refractivity contribution in [3.8, 4) is 0 Å². The molecular formula is C17H28N2. The highest BCUT2D eigenvalue weighted by Crippen LogP contribution is 2.26. The molecule has 1 fully saturated rings. The predicted octanol–water partition coefficient (Wildman–Crippen LogP) is 3.44. The molecule has 1 aliphatic rings. The normalized spacial score (nSPS) is 21.6. The minimum absolute atomic E-state index is 0.509. The molecule has 1 saturated heterocycles. The molecule has 2 heteroatoms. The van der Waals surface area contributed by atoms with Crippen molar-refractivity contribution in [2.24, 2.45) is 0 Å². The van der Waals surface area contributed by atoms with E-state index in [4.69, 9.17) is 0 Å². The van der Waals surface area contributed by atoms with Crippen molar-refractivity contribution in [3.63, 3.8) is 0 Å². The Morgan fingerprint density at radius 2 is 2.11 bits per heavy atom. The number of hydrogen-bond acceptors (Lipinski definition) is 2. The Balaban J connectivity index is 2.14. The van der Waals surface area contributed by atoms with Gasteiger partial charge < -0.3 is 5.32 Å². The monoisotopic (exact) mass is 260 g/mol. The second-order valence-electron chi connectivity index (χ2n) is 5.85. The molecule has 2 atom stereocenters. The molecule has 0 saturated carbocycles. The fraction of sp³-hybridized carbons (Fsp3) is 0.647. The van der Waals surface area contributed by atoms with Gasteiger partial charge in [-0.05, 0) is 63.4 Å². The first kappa shape index (κ1) is 14.5. The Morgan fingerprint density at radius 1 is 1.32 bits per heavy atom. The number of aryl methyl sites for hydroxylation is 2. The van der Waals surface area contributed by atoms with E-state index in [1.807, 2.05) is 0 Å². The van der Waals surface area contributed by atoms with E-state index in [0.29, 0.717) is 12.1 Å². The SMILES string of the molecule is CCN(C1CCCNC1)C(C)c1ccc(C)c(C)c1. The van der Waals surface area contributed by atoms with Crippen molar-refractivity contribution in [2.75, 3.05) is 19.6 Å². The van der Waals surface area contributed by atoms with Crippen molar-refractivity contribution in [2.45, 2.75) is 52.6 Å². The molecule has 1 aliphatic heterocycles. The van der Waals surface area contributed by atoms with E-state index in [0.717, 1.165) is 13.1 Å². The fourth-order valence-corrected chi connectivity index (χ4v) is 3.18. The highest BCUT2D eigenvalue weighted by Gasteiger charge is 2.24. The molecule has 2 unspecified atom stereocenters. The van der Waals surface area contributed by atoms with Gasteiger partial charge in [0.1, 0.15) is 0 Å². The van der Waals surface area contributed by atoms with Crippen LogP contribution in [0.1, 0.15) is 49.4 Å². The zero-order valence-electron chi connectivity index (χ0n) is 12.9. The Morgan fingerprint density at radius 3 is 2.68 bits per heavy atom. The van der Waals surface area contributed by atoms with Crippen LogP contribution in [-0.4, -0.2) is 30.6 Å². The number of hydrogen-bond donors (Lipinski definition) is 1. The van der Waals surface area contributed by atoms with E-state index in [1.165, 1.54) is 36.1 Å². The maximum Gasteiger partial charge on any atom is 0.0323 e. The van der Waals surface area contributed by atoms with Crippen LogP contribution in [0.25, 0.3) is 0 Å². The van der Waals surface area contributed by atoms with Gasteiger partial charge in [0.15, 0.2) is 0 Å². The summed E-state index contributed by atoms with van der Waals surface area (Å²) < 4.78 is 0. The smallest absolute Gasteiger partial charge is 0.0323 e. The summed E-state index contributed by atoms with van der Waals surface area (Å²) in [6.45, 7) is 12.5. The van der Waals surface area contributed by atoms with Crippen LogP contribution in [0.2, 0.25) is 0 Å². The number of nitrogens with one attached hydrogen (secondary N) is 1. The quantitative estimate of drug-likeness (QED) is 0.892. The molecule has 0 bridgehead atoms. The number of likely N-dealkylation sites (N-methyl/N-ethyl adjacent to an activating group) is 1. The number of nitrogens with zero attached hydrogens (tertiary/aromatic N) is 1. The third-order valence-electron chi connectivity index (χ3n) is 4.62. The summed E-state index contributed by atoms with van der Waals surface area (Å²) in [4.78, 5) is 2.65. The van der Waals surface area contributed by atoms with Crippen LogP contribution in [-0.2, 0) is 0 Å². The van der Waals surface area contributed by atoms with Gasteiger partial charge in [-0.25, -0.2) is 0 Å². The summed E-state index contributed by atoms with van der Waals surface area (Å²) in [5, 5.41) is 3.53. The summed E-state index contributed by atoms with van der Waals surface area (Å²) >= 11 is 0. The van der Waals surface area contributed by atoms with Crippen molar-refractivity contribution in [1.82, 2.24) is 10.2 Å². The highest BCUT2D eigenvalue weighted by atomic mass is 15.2. The minimum atomic E-state index is 0.509. The average Bonchev–Trinajstić information content (AvgIpc) is 2.44. The largest absolute Gasteiger partial charge is 0.315 e. The zero-order chi connectivity index (χ0) is 13.8. The van der Waals surface area contributed by atoms with Gasteiger partial charge in [0.05, 0.1) is 0 Å². The summed E-state index contributed by atoms with van der Waals surface area (Å²) in [5.41, 5.74) is 4.25. The van der Waals surface area contributed by atoms with Crippen LogP contribution >= 0.6 is 0 Å². The molecule has 1 heterocycles. The van der Waals surface area contributed by atoms with Crippen LogP contribution in [0.5, 0.6) is 0 Å². The Bertz CT molecular complexity index is 408. The van der Waals surface area contributed by atoms with E-state index in [-0.39, 0.29) is 0 Å². The molecule has 0 spiro atoms. The molecule has 0 aliphatic carbocycles. The maximum absolute atomic E-state index is 3.53. The second-order valence-corrected chi connectivity index (χ2v) is 5.85. The number of piperidine rings is 1. The standard InChI is InChI=1S/C17H28N2/c1-5-19(17-7-6-10-18-12-17)15(4)16-9-8-13(2)14(3)11-16/h8-9,11,15,17-18H,5-7,10,12H2,1-4H3. The molecule has 0 amide bonds. The lowest BCUT2D eigenvalue weighted by atomic mass is 9.98. The molecule has 0 radical (unpaired) electrons. The lowest BCUT2D eigenvalue weighted by Gasteiger charge is -2.38. The third-order valence-corrected chi connectivity index (χ3v) is 4.62. The molecule has 1 aromatic carbocycles. The van der Waals surface area contributed by atoms with Gasteiger partial charge in [0.2, 0.25) is 0 Å². The first-order valence-corrected chi connectivity index (χ1v) is 7.67. The molecule has 0 aromatic heterocycles. The van der Waals surface area contributed by atoms with Crippen LogP contribution in [0.4, 0.5) is 0 Å². The molecule has 19 heavy (non-hydrogen) atoms. The van der Waals surface area contributed by atoms with Crippen LogP contribution in [0.3, 0.4) is 0 Å². The van der Waals surface area contributed by atoms with E-state index in [1.54, 1.807) is 0 Å². The third kappa shape index (κ3) is 3.37. The van der Waals surface area contributed by atoms with Crippen molar-refractivity contribution in [3.05, 3.63) is 34.9 Å². The van der Waals surface area contributed by atoms with Gasteiger partial charge in [-0.15, -0.1) is 0 Å². The maximum atomic E-state index is 3.53. The van der Waals surface area contributed by atoms with E-state index in [9.17, 15) is 0 Å². The molecular weight excluding hydrogens is 232 g/mol. The van der Waals surface area contributed by atoms with Gasteiger partial charge in [0.25, 0.3) is 0 Å². The molecule has 2 nitrogen and oxygen atoms in total. The lowest BCUT2D eigenvalue weighted by Crippen LogP contribution is -2.46. The van der Waals surface area contributed by atoms with Gasteiger partial charge in [0, 0.05) is 18.6 Å². The van der Waals surface area contributed by atoms with E-state index in [2.05, 4.69) is 56.1 Å². The average molecular weight is 260 g/mol. The minimum Gasteiger partial charge on any atom is -0.315 e. The van der Waals surface area contributed by atoms with Crippen molar-refractivity contribution in [1.29, 1.82) is 0 Å². The topological polar surface area (TPSA) is 15.3 Å². The summed E-state index contributed by atoms with van der Waals surface area (Å²) in [6, 6.07) is 8.11. The van der Waals surface area contributed by atoms with Gasteiger partial charge in [-0.1, -0.05) is 25.1 Å². The van der Waals surface area contributed by atoms with Gasteiger partial charge in [-0.3, -0.25) is 4.90 Å². The second kappa shape index (κ2) is 6.53. The number of rotatable bonds is 4. The summed E-state index contributed by atoms with van der Waals surface area (Å²) in [5.74, 6) is 0. The molecule has 1 N–H and O–H groups in total. The van der Waals surface area contributed by atoms with Crippen LogP contribution < -0.4 is 5.32 Å². The van der Waals surface area contributed by atoms with Crippen molar-refractivity contribution < 1.29 is 0 Å². The van der Waals surface area contributed by atoms with Crippen molar-refractivity contribution >= 4 is 0 Å². The Kier molecular flexibility index (Phi) is 5.00. The Labute approximate surface area is 118 Å². The highest BCUT2D eigenvalue weighted by molar-refractivity contribution is 5.31. The zero-order valence-corrected chi connectivity index (χ0v) is 12.9. The fourth-order valence-electron chi connectivity index (χ4n) is 3.18. The summed E-state index contributed by atoms with van der Waals surface area (Å²) in [6.07, 6.45) is 2.64. The van der Waals surface area contributed by atoms with Crippen LogP contribution in [0, 0.1) is 13.8 Å². The first-order chi connectivity index (χ1) is 9.13. The summed E-state index contributed by atoms with van der Waals surface area (Å²) in [7, 11) is 0. The van der Waals surface area contributed by atoms with E-state index < -0.39 is 0 Å². The van der Waals surface area contributed by atoms with Gasteiger partial charge in [-0.2, -0.15) is 0 Å². The lowest BCUT2D eigenvalue weighted by molar-refractivity contribution is 0.128. The number of benzene rings is 1. The molecule has 1 aromatic rings. The molecule has 2 rings (SSSR count). The van der Waals surface area contributed by atoms with Gasteiger partial charge >= 0.3 is 0 Å².